The number of nitrogens with zero attached hydrogens (tertiary/aromatic N) is 3. The third kappa shape index (κ3) is 5.12. The van der Waals surface area contributed by atoms with Crippen molar-refractivity contribution in [3.8, 4) is 0 Å². The molecule has 2 aromatic rings. The van der Waals surface area contributed by atoms with E-state index in [9.17, 15) is 16.8 Å². The zero-order valence-electron chi connectivity index (χ0n) is 17.3. The van der Waals surface area contributed by atoms with E-state index < -0.39 is 20.0 Å². The molecule has 1 fully saturated rings. The van der Waals surface area contributed by atoms with Gasteiger partial charge >= 0.3 is 0 Å². The van der Waals surface area contributed by atoms with Crippen LogP contribution in [-0.4, -0.2) is 65.5 Å². The molecule has 1 aromatic carbocycles. The molecule has 12 heteroatoms. The molecule has 0 aliphatic carbocycles. The maximum Gasteiger partial charge on any atom is 0.265 e. The van der Waals surface area contributed by atoms with Crippen LogP contribution in [0.3, 0.4) is 0 Å². The van der Waals surface area contributed by atoms with Crippen LogP contribution in [0.4, 0.5) is 11.4 Å². The summed E-state index contributed by atoms with van der Waals surface area (Å²) in [6.07, 6.45) is 1.39. The van der Waals surface area contributed by atoms with Crippen LogP contribution in [0.25, 0.3) is 0 Å². The molecule has 1 aliphatic heterocycles. The minimum absolute atomic E-state index is 0.00296. The highest BCUT2D eigenvalue weighted by atomic mass is 35.5. The first kappa shape index (κ1) is 23.7. The number of ether oxygens (including phenoxy) is 1. The van der Waals surface area contributed by atoms with Crippen LogP contribution in [0.2, 0.25) is 5.15 Å². The topological polar surface area (TPSA) is 109 Å². The fourth-order valence-electron chi connectivity index (χ4n) is 3.32. The van der Waals surface area contributed by atoms with E-state index in [1.807, 2.05) is 4.90 Å². The summed E-state index contributed by atoms with van der Waals surface area (Å²) in [6, 6.07) is 7.26. The molecule has 0 unspecified atom stereocenters. The molecule has 1 aromatic heterocycles. The third-order valence-corrected chi connectivity index (χ3v) is 8.78. The Balaban J connectivity index is 2.09. The number of sulfonamides is 2. The van der Waals surface area contributed by atoms with Gasteiger partial charge in [0, 0.05) is 32.4 Å². The van der Waals surface area contributed by atoms with Crippen molar-refractivity contribution in [1.82, 2.24) is 9.29 Å². The summed E-state index contributed by atoms with van der Waals surface area (Å²) in [5, 5.41) is -0.171. The standard InChI is InChI=1S/C19H25ClN4O5S2/c1-3-24(4-2)31(27,28)15-7-8-17(23-10-12-29-13-11-23)16(14-15)22-30(25,26)18-6-5-9-21-19(18)20/h5-9,14,22H,3-4,10-13H2,1-2H3. The summed E-state index contributed by atoms with van der Waals surface area (Å²) >= 11 is 5.99. The predicted molar refractivity (Wildman–Crippen MR) is 120 cm³/mol. The number of pyridine rings is 1. The Bertz CT molecular complexity index is 1130. The quantitative estimate of drug-likeness (QED) is 0.568. The highest BCUT2D eigenvalue weighted by Crippen LogP contribution is 2.33. The van der Waals surface area contributed by atoms with Crippen LogP contribution >= 0.6 is 11.6 Å². The molecule has 3 rings (SSSR count). The first-order valence-corrected chi connectivity index (χ1v) is 13.1. The van der Waals surface area contributed by atoms with E-state index >= 15 is 0 Å². The Hall–Kier alpha value is -1.92. The van der Waals surface area contributed by atoms with Gasteiger partial charge in [-0.1, -0.05) is 25.4 Å². The maximum absolute atomic E-state index is 13.0. The Morgan fingerprint density at radius 3 is 2.42 bits per heavy atom. The second kappa shape index (κ2) is 9.70. The summed E-state index contributed by atoms with van der Waals surface area (Å²) in [4.78, 5) is 5.57. The van der Waals surface area contributed by atoms with Gasteiger partial charge in [0.1, 0.15) is 10.0 Å². The predicted octanol–water partition coefficient (Wildman–Crippen LogP) is 2.40. The Kier molecular flexibility index (Phi) is 7.43. The zero-order valence-corrected chi connectivity index (χ0v) is 19.7. The number of morpholine rings is 1. The van der Waals surface area contributed by atoms with Crippen molar-refractivity contribution in [3.63, 3.8) is 0 Å². The average molecular weight is 489 g/mol. The summed E-state index contributed by atoms with van der Waals surface area (Å²) in [7, 11) is -7.89. The highest BCUT2D eigenvalue weighted by molar-refractivity contribution is 7.93. The second-order valence-corrected chi connectivity index (χ2v) is 10.7. The highest BCUT2D eigenvalue weighted by Gasteiger charge is 2.27. The largest absolute Gasteiger partial charge is 0.378 e. The van der Waals surface area contributed by atoms with Gasteiger partial charge in [-0.3, -0.25) is 4.72 Å². The van der Waals surface area contributed by atoms with E-state index in [1.165, 1.54) is 34.8 Å². The molecular weight excluding hydrogens is 464 g/mol. The molecule has 0 amide bonds. The number of halogens is 1. The van der Waals surface area contributed by atoms with Gasteiger partial charge in [-0.15, -0.1) is 0 Å². The first-order chi connectivity index (χ1) is 14.7. The molecule has 0 saturated carbocycles. The molecule has 0 atom stereocenters. The molecule has 9 nitrogen and oxygen atoms in total. The Morgan fingerprint density at radius 2 is 1.81 bits per heavy atom. The number of anilines is 2. The molecule has 2 heterocycles. The molecule has 0 radical (unpaired) electrons. The molecular formula is C19H25ClN4O5S2. The van der Waals surface area contributed by atoms with Crippen LogP contribution in [0.1, 0.15) is 13.8 Å². The molecule has 0 spiro atoms. The number of hydrogen-bond donors (Lipinski definition) is 1. The van der Waals surface area contributed by atoms with E-state index in [2.05, 4.69) is 9.71 Å². The summed E-state index contributed by atoms with van der Waals surface area (Å²) in [6.45, 7) is 6.16. The Labute approximate surface area is 188 Å². The smallest absolute Gasteiger partial charge is 0.265 e. The molecule has 1 N–H and O–H groups in total. The lowest BCUT2D eigenvalue weighted by Gasteiger charge is -2.31. The van der Waals surface area contributed by atoms with Gasteiger partial charge in [0.15, 0.2) is 0 Å². The van der Waals surface area contributed by atoms with Gasteiger partial charge in [-0.05, 0) is 30.3 Å². The van der Waals surface area contributed by atoms with Crippen LogP contribution in [-0.2, 0) is 24.8 Å². The van der Waals surface area contributed by atoms with E-state index in [0.29, 0.717) is 45.1 Å². The molecule has 1 aliphatic rings. The van der Waals surface area contributed by atoms with Crippen LogP contribution in [0.5, 0.6) is 0 Å². The van der Waals surface area contributed by atoms with Gasteiger partial charge < -0.3 is 9.64 Å². The van der Waals surface area contributed by atoms with Crippen molar-refractivity contribution in [2.75, 3.05) is 49.0 Å². The van der Waals surface area contributed by atoms with E-state index in [4.69, 9.17) is 16.3 Å². The van der Waals surface area contributed by atoms with Gasteiger partial charge in [0.05, 0.1) is 29.5 Å². The normalized spacial score (nSPS) is 15.3. The van der Waals surface area contributed by atoms with Crippen LogP contribution in [0.15, 0.2) is 46.3 Å². The number of rotatable bonds is 8. The van der Waals surface area contributed by atoms with Crippen molar-refractivity contribution < 1.29 is 21.6 Å². The van der Waals surface area contributed by atoms with Crippen molar-refractivity contribution in [3.05, 3.63) is 41.7 Å². The molecule has 31 heavy (non-hydrogen) atoms. The van der Waals surface area contributed by atoms with Gasteiger partial charge in [-0.25, -0.2) is 21.8 Å². The maximum atomic E-state index is 13.0. The van der Waals surface area contributed by atoms with Gasteiger partial charge in [-0.2, -0.15) is 4.31 Å². The van der Waals surface area contributed by atoms with Crippen LogP contribution in [0, 0.1) is 0 Å². The fraction of sp³-hybridized carbons (Fsp3) is 0.421. The lowest BCUT2D eigenvalue weighted by atomic mass is 10.2. The van der Waals surface area contributed by atoms with Crippen molar-refractivity contribution in [1.29, 1.82) is 0 Å². The summed E-state index contributed by atoms with van der Waals surface area (Å²) in [5.74, 6) is 0. The number of nitrogens with one attached hydrogen (secondary N) is 1. The zero-order chi connectivity index (χ0) is 22.6. The number of benzene rings is 1. The van der Waals surface area contributed by atoms with Gasteiger partial charge in [0.25, 0.3) is 10.0 Å². The summed E-state index contributed by atoms with van der Waals surface area (Å²) in [5.41, 5.74) is 0.709. The molecule has 0 bridgehead atoms. The summed E-state index contributed by atoms with van der Waals surface area (Å²) < 4.78 is 61.3. The average Bonchev–Trinajstić information content (AvgIpc) is 2.75. The first-order valence-electron chi connectivity index (χ1n) is 9.81. The lowest BCUT2D eigenvalue weighted by Crippen LogP contribution is -2.37. The van der Waals surface area contributed by atoms with Crippen LogP contribution < -0.4 is 9.62 Å². The van der Waals surface area contributed by atoms with E-state index in [1.54, 1.807) is 19.9 Å². The third-order valence-electron chi connectivity index (χ3n) is 4.92. The second-order valence-electron chi connectivity index (χ2n) is 6.77. The Morgan fingerprint density at radius 1 is 1.13 bits per heavy atom. The SMILES string of the molecule is CCN(CC)S(=O)(=O)c1ccc(N2CCOCC2)c(NS(=O)(=O)c2cccnc2Cl)c1. The van der Waals surface area contributed by atoms with Crippen molar-refractivity contribution in [2.24, 2.45) is 0 Å². The number of hydrogen-bond acceptors (Lipinski definition) is 7. The van der Waals surface area contributed by atoms with Crippen molar-refractivity contribution in [2.45, 2.75) is 23.6 Å². The molecule has 170 valence electrons. The van der Waals surface area contributed by atoms with E-state index in [-0.39, 0.29) is 20.6 Å². The van der Waals surface area contributed by atoms with Crippen molar-refractivity contribution >= 4 is 43.0 Å². The minimum Gasteiger partial charge on any atom is -0.378 e. The lowest BCUT2D eigenvalue weighted by molar-refractivity contribution is 0.123. The van der Waals surface area contributed by atoms with Gasteiger partial charge in [0.2, 0.25) is 10.0 Å². The monoisotopic (exact) mass is 488 g/mol. The minimum atomic E-state index is -4.11. The fourth-order valence-corrected chi connectivity index (χ4v) is 6.33. The number of aromatic nitrogens is 1. The van der Waals surface area contributed by atoms with E-state index in [0.717, 1.165) is 0 Å². The molecule has 1 saturated heterocycles.